The quantitative estimate of drug-likeness (QED) is 0.0518. The summed E-state index contributed by atoms with van der Waals surface area (Å²) in [6.07, 6.45) is 5.61. The number of hydrogen-bond donors (Lipinski definition) is 9. The molecule has 0 aliphatic carbocycles. The highest BCUT2D eigenvalue weighted by Gasteiger charge is 2.36. The maximum Gasteiger partial charge on any atom is 0.243 e. The number of nitrogens with two attached hydrogens (primary N) is 1. The minimum atomic E-state index is -1.24. The number of nitrogens with one attached hydrogen (secondary N) is 8. The number of hydrogen-bond acceptors (Lipinski definition) is 9. The Kier molecular flexibility index (Phi) is 14.7. The van der Waals surface area contributed by atoms with E-state index in [1.165, 1.54) is 24.3 Å². The van der Waals surface area contributed by atoms with Crippen LogP contribution in [0.3, 0.4) is 0 Å². The lowest BCUT2D eigenvalue weighted by atomic mass is 10.0. The van der Waals surface area contributed by atoms with Crippen molar-refractivity contribution < 1.29 is 38.4 Å². The number of carbonyl (C=O) groups excluding carboxylic acids is 8. The lowest BCUT2D eigenvalue weighted by Crippen LogP contribution is -2.57. The fourth-order valence-electron chi connectivity index (χ4n) is 6.58. The van der Waals surface area contributed by atoms with Crippen molar-refractivity contribution in [3.63, 3.8) is 0 Å². The normalized spacial score (nSPS) is 15.1. The van der Waals surface area contributed by atoms with Crippen molar-refractivity contribution in [2.24, 2.45) is 5.73 Å². The SMILES string of the molecule is CC(=O)NCC(=O)NCC(=O)N[C@@H](Cc1c[nH]cn1)C(=O)N[C@H](Cc1ccccc1)C(=O)NCC(=O)N1CCC[C@H]1C(=O)N[C@@H](Cc1c[nH]c2ccccc12)C(N)=O. The van der Waals surface area contributed by atoms with E-state index >= 15 is 0 Å². The number of likely N-dealkylation sites (tertiary alicyclic amines) is 1. The molecule has 19 nitrogen and oxygen atoms in total. The fourth-order valence-corrected chi connectivity index (χ4v) is 6.58. The number of primary amides is 1. The van der Waals surface area contributed by atoms with Gasteiger partial charge in [0.15, 0.2) is 0 Å². The van der Waals surface area contributed by atoms with Gasteiger partial charge in [-0.3, -0.25) is 38.4 Å². The molecule has 58 heavy (non-hydrogen) atoms. The van der Waals surface area contributed by atoms with Gasteiger partial charge in [-0.25, -0.2) is 4.98 Å². The number of para-hydroxylation sites is 1. The Balaban J connectivity index is 1.22. The van der Waals surface area contributed by atoms with E-state index in [0.717, 1.165) is 16.5 Å². The zero-order valence-corrected chi connectivity index (χ0v) is 31.8. The molecule has 0 spiro atoms. The summed E-state index contributed by atoms with van der Waals surface area (Å²) < 4.78 is 0. The van der Waals surface area contributed by atoms with Gasteiger partial charge >= 0.3 is 0 Å². The molecular weight excluding hydrogens is 750 g/mol. The number of imidazole rings is 1. The molecule has 1 fully saturated rings. The van der Waals surface area contributed by atoms with Crippen molar-refractivity contribution in [1.29, 1.82) is 0 Å². The molecule has 2 aromatic heterocycles. The third-order valence-corrected chi connectivity index (χ3v) is 9.53. The average molecular weight is 798 g/mol. The van der Waals surface area contributed by atoms with Gasteiger partial charge in [0.05, 0.1) is 31.7 Å². The van der Waals surface area contributed by atoms with Gasteiger partial charge in [0.2, 0.25) is 47.3 Å². The summed E-state index contributed by atoms with van der Waals surface area (Å²) in [4.78, 5) is 114. The first-order chi connectivity index (χ1) is 27.9. The van der Waals surface area contributed by atoms with Crippen LogP contribution in [0, 0.1) is 0 Å². The van der Waals surface area contributed by atoms with Crippen molar-refractivity contribution in [2.75, 3.05) is 26.2 Å². The molecule has 4 aromatic rings. The van der Waals surface area contributed by atoms with Crippen LogP contribution in [0.25, 0.3) is 10.9 Å². The Hall–Kier alpha value is -7.05. The molecule has 10 N–H and O–H groups in total. The summed E-state index contributed by atoms with van der Waals surface area (Å²) in [5.41, 5.74) is 8.46. The number of fused-ring (bicyclic) bond motifs is 1. The Bertz CT molecular complexity index is 2100. The third kappa shape index (κ3) is 12.0. The van der Waals surface area contributed by atoms with E-state index in [4.69, 9.17) is 5.73 Å². The van der Waals surface area contributed by atoms with Crippen molar-refractivity contribution >= 4 is 58.2 Å². The molecule has 3 heterocycles. The van der Waals surface area contributed by atoms with Crippen LogP contribution < -0.4 is 37.6 Å². The molecule has 8 amide bonds. The highest BCUT2D eigenvalue weighted by molar-refractivity contribution is 5.96. The number of aromatic nitrogens is 3. The van der Waals surface area contributed by atoms with Crippen LogP contribution in [0.1, 0.15) is 36.6 Å². The number of carbonyl (C=O) groups is 8. The monoisotopic (exact) mass is 797 g/mol. The highest BCUT2D eigenvalue weighted by Crippen LogP contribution is 2.21. The first kappa shape index (κ1) is 42.1. The first-order valence-corrected chi connectivity index (χ1v) is 18.7. The van der Waals surface area contributed by atoms with E-state index < -0.39 is 84.5 Å². The summed E-state index contributed by atoms with van der Waals surface area (Å²) >= 11 is 0. The molecule has 19 heteroatoms. The predicted molar refractivity (Wildman–Crippen MR) is 209 cm³/mol. The molecule has 0 bridgehead atoms. The predicted octanol–water partition coefficient (Wildman–Crippen LogP) is -1.78. The molecular formula is C39H47N11O8. The van der Waals surface area contributed by atoms with Gasteiger partial charge in [-0.2, -0.15) is 0 Å². The molecule has 0 saturated carbocycles. The lowest BCUT2D eigenvalue weighted by molar-refractivity contribution is -0.139. The topological polar surface area (TPSA) is 282 Å². The van der Waals surface area contributed by atoms with Crippen LogP contribution in [0.2, 0.25) is 0 Å². The zero-order chi connectivity index (χ0) is 41.6. The smallest absolute Gasteiger partial charge is 0.243 e. The van der Waals surface area contributed by atoms with Gasteiger partial charge in [0.1, 0.15) is 24.2 Å². The summed E-state index contributed by atoms with van der Waals surface area (Å²) in [6, 6.07) is 12.0. The zero-order valence-electron chi connectivity index (χ0n) is 31.8. The van der Waals surface area contributed by atoms with Crippen LogP contribution in [0.15, 0.2) is 73.3 Å². The van der Waals surface area contributed by atoms with Gasteiger partial charge in [0, 0.05) is 56.0 Å². The standard InChI is InChI=1S/C39H47N11O8/c1-23(51)42-19-33(52)44-20-34(53)47-31(16-26-18-41-22-46-26)38(57)49-30(14-24-8-3-2-4-9-24)37(56)45-21-35(54)50-13-7-12-32(50)39(58)48-29(36(40)55)15-25-17-43-28-11-6-5-10-27(25)28/h2-6,8-11,17-18,22,29-32,43H,7,12-16,19-21H2,1H3,(H2,40,55)(H,41,46)(H,42,51)(H,44,52)(H,45,56)(H,47,53)(H,48,58)(H,49,57)/t29-,30+,31-,32-/m0/s1. The maximum absolute atomic E-state index is 13.8. The molecule has 4 atom stereocenters. The van der Waals surface area contributed by atoms with E-state index in [2.05, 4.69) is 46.9 Å². The van der Waals surface area contributed by atoms with Gasteiger partial charge in [-0.15, -0.1) is 0 Å². The molecule has 0 radical (unpaired) electrons. The van der Waals surface area contributed by atoms with E-state index in [-0.39, 0.29) is 32.4 Å². The van der Waals surface area contributed by atoms with Crippen molar-refractivity contribution in [2.45, 2.75) is 63.2 Å². The molecule has 1 aliphatic rings. The van der Waals surface area contributed by atoms with Crippen LogP contribution in [-0.4, -0.2) is 117 Å². The highest BCUT2D eigenvalue weighted by atomic mass is 16.2. The molecule has 2 aromatic carbocycles. The molecule has 306 valence electrons. The number of aromatic amines is 2. The fraction of sp³-hybridized carbons (Fsp3) is 0.359. The van der Waals surface area contributed by atoms with Gasteiger partial charge in [-0.05, 0) is 30.0 Å². The molecule has 1 aliphatic heterocycles. The van der Waals surface area contributed by atoms with Crippen molar-refractivity contribution in [1.82, 2.24) is 51.8 Å². The first-order valence-electron chi connectivity index (χ1n) is 18.7. The van der Waals surface area contributed by atoms with Gasteiger partial charge in [0.25, 0.3) is 0 Å². The van der Waals surface area contributed by atoms with Crippen molar-refractivity contribution in [3.05, 3.63) is 90.1 Å². The summed E-state index contributed by atoms with van der Waals surface area (Å²) in [7, 11) is 0. The Morgan fingerprint density at radius 1 is 0.776 bits per heavy atom. The van der Waals surface area contributed by atoms with E-state index in [1.54, 1.807) is 36.5 Å². The van der Waals surface area contributed by atoms with E-state index in [1.807, 2.05) is 24.3 Å². The number of nitrogens with zero attached hydrogens (tertiary/aromatic N) is 2. The lowest BCUT2D eigenvalue weighted by Gasteiger charge is -2.27. The third-order valence-electron chi connectivity index (χ3n) is 9.53. The Morgan fingerprint density at radius 3 is 2.22 bits per heavy atom. The van der Waals surface area contributed by atoms with Crippen LogP contribution in [0.5, 0.6) is 0 Å². The number of amides is 8. The van der Waals surface area contributed by atoms with Crippen molar-refractivity contribution in [3.8, 4) is 0 Å². The number of benzene rings is 2. The van der Waals surface area contributed by atoms with Crippen LogP contribution >= 0.6 is 0 Å². The van der Waals surface area contributed by atoms with E-state index in [9.17, 15) is 38.4 Å². The average Bonchev–Trinajstić information content (AvgIpc) is 4.00. The van der Waals surface area contributed by atoms with Gasteiger partial charge < -0.3 is 52.5 Å². The summed E-state index contributed by atoms with van der Waals surface area (Å²) in [5.74, 6) is -5.03. The van der Waals surface area contributed by atoms with E-state index in [0.29, 0.717) is 24.1 Å². The number of H-pyrrole nitrogens is 2. The van der Waals surface area contributed by atoms with Crippen LogP contribution in [0.4, 0.5) is 0 Å². The largest absolute Gasteiger partial charge is 0.368 e. The Morgan fingerprint density at radius 2 is 1.50 bits per heavy atom. The van der Waals surface area contributed by atoms with Crippen LogP contribution in [-0.2, 0) is 57.6 Å². The second-order valence-corrected chi connectivity index (χ2v) is 13.8. The summed E-state index contributed by atoms with van der Waals surface area (Å²) in [5, 5.41) is 16.1. The minimum absolute atomic E-state index is 0.0224. The number of rotatable bonds is 19. The minimum Gasteiger partial charge on any atom is -0.368 e. The summed E-state index contributed by atoms with van der Waals surface area (Å²) in [6.45, 7) is 0.143. The Labute approximate surface area is 333 Å². The maximum atomic E-state index is 13.8. The molecule has 0 unspecified atom stereocenters. The molecule has 1 saturated heterocycles. The second kappa shape index (κ2) is 20.2. The van der Waals surface area contributed by atoms with Gasteiger partial charge in [-0.1, -0.05) is 48.5 Å². The second-order valence-electron chi connectivity index (χ2n) is 13.8. The molecule has 5 rings (SSSR count).